The molecular weight excluding hydrogens is 238 g/mol. The molecule has 0 aliphatic heterocycles. The van der Waals surface area contributed by atoms with Crippen molar-refractivity contribution < 1.29 is 9.90 Å². The number of anilines is 1. The summed E-state index contributed by atoms with van der Waals surface area (Å²) in [6, 6.07) is 5.83. The zero-order chi connectivity index (χ0) is 14.0. The van der Waals surface area contributed by atoms with Gasteiger partial charge in [0.15, 0.2) is 0 Å². The summed E-state index contributed by atoms with van der Waals surface area (Å²) in [7, 11) is 0. The van der Waals surface area contributed by atoms with Crippen molar-refractivity contribution in [3.8, 4) is 0 Å². The van der Waals surface area contributed by atoms with E-state index in [1.165, 1.54) is 19.3 Å². The molecule has 1 saturated carbocycles. The Labute approximate surface area is 115 Å². The lowest BCUT2D eigenvalue weighted by Crippen LogP contribution is -2.39. The molecular formula is C16H23NO2. The fraction of sp³-hybridized carbons (Fsp3) is 0.562. The number of carboxylic acid groups (broad SMARTS) is 1. The summed E-state index contributed by atoms with van der Waals surface area (Å²) in [4.78, 5) is 11.3. The summed E-state index contributed by atoms with van der Waals surface area (Å²) in [6.07, 6.45) is 4.79. The van der Waals surface area contributed by atoms with Crippen LogP contribution < -0.4 is 5.32 Å². The Morgan fingerprint density at radius 3 is 2.74 bits per heavy atom. The van der Waals surface area contributed by atoms with Gasteiger partial charge in [0.25, 0.3) is 0 Å². The minimum Gasteiger partial charge on any atom is -0.478 e. The van der Waals surface area contributed by atoms with Crippen LogP contribution in [-0.4, -0.2) is 17.1 Å². The van der Waals surface area contributed by atoms with Crippen LogP contribution in [0.1, 0.15) is 55.5 Å². The zero-order valence-corrected chi connectivity index (χ0v) is 12.0. The fourth-order valence-corrected chi connectivity index (χ4v) is 2.91. The molecule has 3 heteroatoms. The standard InChI is InChI=1S/C16H23NO2/c1-11-7-8-12(15(18)19)13(10-11)17-14-6-4-5-9-16(14,2)3/h7-8,10,14,17H,4-6,9H2,1-3H3,(H,18,19). The van der Waals surface area contributed by atoms with Crippen LogP contribution in [-0.2, 0) is 0 Å². The van der Waals surface area contributed by atoms with Crippen molar-refractivity contribution in [2.75, 3.05) is 5.32 Å². The molecule has 3 nitrogen and oxygen atoms in total. The Morgan fingerprint density at radius 2 is 2.11 bits per heavy atom. The predicted molar refractivity (Wildman–Crippen MR) is 77.8 cm³/mol. The molecule has 1 unspecified atom stereocenters. The maximum Gasteiger partial charge on any atom is 0.337 e. The lowest BCUT2D eigenvalue weighted by Gasteiger charge is -2.40. The molecule has 0 bridgehead atoms. The first-order chi connectivity index (χ1) is 8.90. The minimum atomic E-state index is -0.865. The van der Waals surface area contributed by atoms with Crippen LogP contribution >= 0.6 is 0 Å². The van der Waals surface area contributed by atoms with E-state index >= 15 is 0 Å². The second-order valence-electron chi connectivity index (χ2n) is 6.29. The van der Waals surface area contributed by atoms with Crippen LogP contribution in [0.5, 0.6) is 0 Å². The van der Waals surface area contributed by atoms with Crippen LogP contribution in [0, 0.1) is 12.3 Å². The van der Waals surface area contributed by atoms with Crippen molar-refractivity contribution in [2.45, 2.75) is 52.5 Å². The Hall–Kier alpha value is -1.51. The van der Waals surface area contributed by atoms with E-state index in [1.54, 1.807) is 6.07 Å². The molecule has 0 radical (unpaired) electrons. The van der Waals surface area contributed by atoms with Gasteiger partial charge in [-0.25, -0.2) is 4.79 Å². The zero-order valence-electron chi connectivity index (χ0n) is 12.0. The quantitative estimate of drug-likeness (QED) is 0.862. The second-order valence-corrected chi connectivity index (χ2v) is 6.29. The SMILES string of the molecule is Cc1ccc(C(=O)O)c(NC2CCCCC2(C)C)c1. The van der Waals surface area contributed by atoms with Crippen LogP contribution in [0.3, 0.4) is 0 Å². The third-order valence-corrected chi connectivity index (χ3v) is 4.24. The summed E-state index contributed by atoms with van der Waals surface area (Å²) >= 11 is 0. The molecule has 1 aliphatic carbocycles. The number of benzene rings is 1. The second kappa shape index (κ2) is 5.24. The molecule has 1 fully saturated rings. The Balaban J connectivity index is 2.27. The van der Waals surface area contributed by atoms with Gasteiger partial charge in [0, 0.05) is 11.7 Å². The van der Waals surface area contributed by atoms with Gasteiger partial charge >= 0.3 is 5.97 Å². The number of carbonyl (C=O) groups is 1. The van der Waals surface area contributed by atoms with Gasteiger partial charge in [-0.3, -0.25) is 0 Å². The lowest BCUT2D eigenvalue weighted by molar-refractivity contribution is 0.0697. The Morgan fingerprint density at radius 1 is 1.37 bits per heavy atom. The van der Waals surface area contributed by atoms with Gasteiger partial charge in [-0.2, -0.15) is 0 Å². The van der Waals surface area contributed by atoms with E-state index in [4.69, 9.17) is 0 Å². The molecule has 0 heterocycles. The summed E-state index contributed by atoms with van der Waals surface area (Å²) in [6.45, 7) is 6.52. The maximum atomic E-state index is 11.3. The predicted octanol–water partition coefficient (Wildman–Crippen LogP) is 4.07. The average Bonchev–Trinajstić information content (AvgIpc) is 2.31. The fourth-order valence-electron chi connectivity index (χ4n) is 2.91. The third-order valence-electron chi connectivity index (χ3n) is 4.24. The van der Waals surface area contributed by atoms with Crippen molar-refractivity contribution in [1.29, 1.82) is 0 Å². The molecule has 0 saturated heterocycles. The highest BCUT2D eigenvalue weighted by atomic mass is 16.4. The highest BCUT2D eigenvalue weighted by Gasteiger charge is 2.32. The van der Waals surface area contributed by atoms with Gasteiger partial charge < -0.3 is 10.4 Å². The number of hydrogen-bond acceptors (Lipinski definition) is 2. The van der Waals surface area contributed by atoms with Gasteiger partial charge in [-0.1, -0.05) is 32.8 Å². The Kier molecular flexibility index (Phi) is 3.83. The molecule has 1 aromatic rings. The molecule has 0 amide bonds. The van der Waals surface area contributed by atoms with Gasteiger partial charge in [0.1, 0.15) is 0 Å². The van der Waals surface area contributed by atoms with Crippen LogP contribution in [0.15, 0.2) is 18.2 Å². The van der Waals surface area contributed by atoms with Crippen molar-refractivity contribution >= 4 is 11.7 Å². The largest absolute Gasteiger partial charge is 0.478 e. The van der Waals surface area contributed by atoms with E-state index in [0.29, 0.717) is 11.6 Å². The maximum absolute atomic E-state index is 11.3. The Bertz CT molecular complexity index is 480. The number of aromatic carboxylic acids is 1. The minimum absolute atomic E-state index is 0.220. The van der Waals surface area contributed by atoms with E-state index < -0.39 is 5.97 Å². The summed E-state index contributed by atoms with van der Waals surface area (Å²) in [5.74, 6) is -0.865. The number of rotatable bonds is 3. The molecule has 1 aromatic carbocycles. The number of hydrogen-bond donors (Lipinski definition) is 2. The number of carboxylic acids is 1. The van der Waals surface area contributed by atoms with Gasteiger partial charge in [0.05, 0.1) is 5.56 Å². The van der Waals surface area contributed by atoms with E-state index in [1.807, 2.05) is 19.1 Å². The molecule has 0 spiro atoms. The highest BCUT2D eigenvalue weighted by molar-refractivity contribution is 5.94. The van der Waals surface area contributed by atoms with Crippen molar-refractivity contribution in [1.82, 2.24) is 0 Å². The third kappa shape index (κ3) is 3.09. The first-order valence-corrected chi connectivity index (χ1v) is 7.00. The highest BCUT2D eigenvalue weighted by Crippen LogP contribution is 2.37. The van der Waals surface area contributed by atoms with Crippen molar-refractivity contribution in [2.24, 2.45) is 5.41 Å². The van der Waals surface area contributed by atoms with Gasteiger partial charge in [0.2, 0.25) is 0 Å². The lowest BCUT2D eigenvalue weighted by atomic mass is 9.73. The van der Waals surface area contributed by atoms with Gasteiger partial charge in [-0.05, 0) is 42.9 Å². The first kappa shape index (κ1) is 13.9. The first-order valence-electron chi connectivity index (χ1n) is 7.00. The van der Waals surface area contributed by atoms with Crippen molar-refractivity contribution in [3.63, 3.8) is 0 Å². The normalized spacial score (nSPS) is 21.9. The smallest absolute Gasteiger partial charge is 0.337 e. The molecule has 1 atom stereocenters. The molecule has 19 heavy (non-hydrogen) atoms. The average molecular weight is 261 g/mol. The monoisotopic (exact) mass is 261 g/mol. The molecule has 0 aromatic heterocycles. The van der Waals surface area contributed by atoms with E-state index in [2.05, 4.69) is 19.2 Å². The number of nitrogens with one attached hydrogen (secondary N) is 1. The molecule has 104 valence electrons. The topological polar surface area (TPSA) is 49.3 Å². The van der Waals surface area contributed by atoms with Gasteiger partial charge in [-0.15, -0.1) is 0 Å². The molecule has 1 aliphatic rings. The molecule has 2 rings (SSSR count). The van der Waals surface area contributed by atoms with Crippen molar-refractivity contribution in [3.05, 3.63) is 29.3 Å². The van der Waals surface area contributed by atoms with Crippen LogP contribution in [0.4, 0.5) is 5.69 Å². The summed E-state index contributed by atoms with van der Waals surface area (Å²) in [5, 5.41) is 12.8. The summed E-state index contributed by atoms with van der Waals surface area (Å²) in [5.41, 5.74) is 2.43. The summed E-state index contributed by atoms with van der Waals surface area (Å²) < 4.78 is 0. The number of aryl methyl sites for hydroxylation is 1. The van der Waals surface area contributed by atoms with E-state index in [-0.39, 0.29) is 5.41 Å². The molecule has 2 N–H and O–H groups in total. The van der Waals surface area contributed by atoms with Crippen LogP contribution in [0.25, 0.3) is 0 Å². The van der Waals surface area contributed by atoms with E-state index in [0.717, 1.165) is 17.7 Å². The van der Waals surface area contributed by atoms with Crippen LogP contribution in [0.2, 0.25) is 0 Å². The van der Waals surface area contributed by atoms with E-state index in [9.17, 15) is 9.90 Å².